The quantitative estimate of drug-likeness (QED) is 0.851. The van der Waals surface area contributed by atoms with E-state index in [0.717, 1.165) is 0 Å². The van der Waals surface area contributed by atoms with Gasteiger partial charge in [0.05, 0.1) is 12.7 Å². The standard InChI is InChI=1S/C15H12FNO4/c1-21-15(20)11-7-6-9(8-13(11)18)17-14(19)10-4-2-3-5-12(10)16/h2-8,18H,1H3,(H,17,19). The van der Waals surface area contributed by atoms with E-state index in [0.29, 0.717) is 0 Å². The number of phenolic OH excluding ortho intramolecular Hbond substituents is 1. The summed E-state index contributed by atoms with van der Waals surface area (Å²) < 4.78 is 18.0. The van der Waals surface area contributed by atoms with Crippen LogP contribution < -0.4 is 5.32 Å². The maximum atomic E-state index is 13.5. The monoisotopic (exact) mass is 289 g/mol. The number of halogens is 1. The lowest BCUT2D eigenvalue weighted by Crippen LogP contribution is -2.13. The summed E-state index contributed by atoms with van der Waals surface area (Å²) >= 11 is 0. The van der Waals surface area contributed by atoms with Crippen LogP contribution >= 0.6 is 0 Å². The average Bonchev–Trinajstić information content (AvgIpc) is 2.47. The van der Waals surface area contributed by atoms with E-state index in [9.17, 15) is 19.1 Å². The Balaban J connectivity index is 2.21. The average molecular weight is 289 g/mol. The third-order valence-electron chi connectivity index (χ3n) is 2.78. The van der Waals surface area contributed by atoms with Crippen LogP contribution in [-0.4, -0.2) is 24.1 Å². The molecule has 21 heavy (non-hydrogen) atoms. The van der Waals surface area contributed by atoms with E-state index in [1.54, 1.807) is 0 Å². The minimum Gasteiger partial charge on any atom is -0.507 e. The maximum Gasteiger partial charge on any atom is 0.341 e. The van der Waals surface area contributed by atoms with Gasteiger partial charge in [-0.25, -0.2) is 9.18 Å². The first-order chi connectivity index (χ1) is 10.0. The molecule has 0 saturated carbocycles. The molecule has 0 bridgehead atoms. The number of carbonyl (C=O) groups excluding carboxylic acids is 2. The van der Waals surface area contributed by atoms with Gasteiger partial charge in [0.25, 0.3) is 5.91 Å². The summed E-state index contributed by atoms with van der Waals surface area (Å²) in [5.41, 5.74) is 0.0869. The Labute approximate surface area is 120 Å². The predicted octanol–water partition coefficient (Wildman–Crippen LogP) is 2.57. The Kier molecular flexibility index (Phi) is 4.18. The van der Waals surface area contributed by atoms with Crippen LogP contribution in [0.25, 0.3) is 0 Å². The molecule has 0 aliphatic heterocycles. The van der Waals surface area contributed by atoms with Crippen LogP contribution in [0.15, 0.2) is 42.5 Å². The second kappa shape index (κ2) is 6.04. The van der Waals surface area contributed by atoms with E-state index in [1.807, 2.05) is 0 Å². The van der Waals surface area contributed by atoms with Gasteiger partial charge in [-0.15, -0.1) is 0 Å². The van der Waals surface area contributed by atoms with Gasteiger partial charge in [-0.1, -0.05) is 12.1 Å². The topological polar surface area (TPSA) is 75.6 Å². The molecular weight excluding hydrogens is 277 g/mol. The molecule has 5 nitrogen and oxygen atoms in total. The molecular formula is C15H12FNO4. The smallest absolute Gasteiger partial charge is 0.341 e. The number of ether oxygens (including phenoxy) is 1. The zero-order chi connectivity index (χ0) is 15.4. The molecule has 0 fully saturated rings. The molecule has 1 amide bonds. The summed E-state index contributed by atoms with van der Waals surface area (Å²) in [7, 11) is 1.19. The normalized spacial score (nSPS) is 10.0. The number of phenols is 1. The fraction of sp³-hybridized carbons (Fsp3) is 0.0667. The van der Waals surface area contributed by atoms with Gasteiger partial charge in [0.2, 0.25) is 0 Å². The van der Waals surface area contributed by atoms with E-state index in [4.69, 9.17) is 0 Å². The molecule has 0 atom stereocenters. The number of hydrogen-bond donors (Lipinski definition) is 2. The molecule has 2 rings (SSSR count). The zero-order valence-corrected chi connectivity index (χ0v) is 11.1. The van der Waals surface area contributed by atoms with Crippen molar-refractivity contribution in [2.45, 2.75) is 0 Å². The van der Waals surface area contributed by atoms with Crippen molar-refractivity contribution in [3.05, 3.63) is 59.4 Å². The van der Waals surface area contributed by atoms with Gasteiger partial charge in [0.15, 0.2) is 0 Å². The Morgan fingerprint density at radius 1 is 1.14 bits per heavy atom. The molecule has 0 aliphatic rings. The molecule has 0 spiro atoms. The number of amides is 1. The van der Waals surface area contributed by atoms with E-state index in [1.165, 1.54) is 49.6 Å². The Hall–Kier alpha value is -2.89. The van der Waals surface area contributed by atoms with Gasteiger partial charge in [-0.05, 0) is 24.3 Å². The molecule has 2 N–H and O–H groups in total. The Morgan fingerprint density at radius 2 is 1.86 bits per heavy atom. The van der Waals surface area contributed by atoms with Gasteiger partial charge in [-0.2, -0.15) is 0 Å². The third kappa shape index (κ3) is 3.17. The van der Waals surface area contributed by atoms with E-state index >= 15 is 0 Å². The van der Waals surface area contributed by atoms with Crippen molar-refractivity contribution in [3.63, 3.8) is 0 Å². The zero-order valence-electron chi connectivity index (χ0n) is 11.1. The minimum absolute atomic E-state index is 0.0265. The van der Waals surface area contributed by atoms with Crippen LogP contribution in [0.2, 0.25) is 0 Å². The molecule has 0 unspecified atom stereocenters. The first kappa shape index (κ1) is 14.5. The largest absolute Gasteiger partial charge is 0.507 e. The van der Waals surface area contributed by atoms with Gasteiger partial charge in [-0.3, -0.25) is 4.79 Å². The van der Waals surface area contributed by atoms with Crippen LogP contribution in [-0.2, 0) is 4.74 Å². The number of anilines is 1. The van der Waals surface area contributed by atoms with Gasteiger partial charge in [0, 0.05) is 11.8 Å². The highest BCUT2D eigenvalue weighted by molar-refractivity contribution is 6.05. The minimum atomic E-state index is -0.695. The van der Waals surface area contributed by atoms with Crippen molar-refractivity contribution in [1.29, 1.82) is 0 Å². The lowest BCUT2D eigenvalue weighted by atomic mass is 10.1. The predicted molar refractivity (Wildman–Crippen MR) is 73.8 cm³/mol. The van der Waals surface area contributed by atoms with Crippen molar-refractivity contribution in [2.75, 3.05) is 12.4 Å². The SMILES string of the molecule is COC(=O)c1ccc(NC(=O)c2ccccc2F)cc1O. The lowest BCUT2D eigenvalue weighted by molar-refractivity contribution is 0.0597. The summed E-state index contributed by atoms with van der Waals surface area (Å²) in [4.78, 5) is 23.2. The molecule has 0 aliphatic carbocycles. The third-order valence-corrected chi connectivity index (χ3v) is 2.78. The highest BCUT2D eigenvalue weighted by Crippen LogP contribution is 2.23. The maximum absolute atomic E-state index is 13.5. The summed E-state index contributed by atoms with van der Waals surface area (Å²) in [6, 6.07) is 9.42. The van der Waals surface area contributed by atoms with Crippen molar-refractivity contribution in [2.24, 2.45) is 0 Å². The number of rotatable bonds is 3. The van der Waals surface area contributed by atoms with Crippen molar-refractivity contribution < 1.29 is 23.8 Å². The second-order valence-corrected chi connectivity index (χ2v) is 4.16. The molecule has 0 saturated heterocycles. The Morgan fingerprint density at radius 3 is 2.48 bits per heavy atom. The van der Waals surface area contributed by atoms with Crippen LogP contribution in [0, 0.1) is 5.82 Å². The highest BCUT2D eigenvalue weighted by Gasteiger charge is 2.14. The number of aromatic hydroxyl groups is 1. The lowest BCUT2D eigenvalue weighted by Gasteiger charge is -2.08. The van der Waals surface area contributed by atoms with E-state index in [-0.39, 0.29) is 22.6 Å². The van der Waals surface area contributed by atoms with E-state index < -0.39 is 17.7 Å². The number of hydrogen-bond acceptors (Lipinski definition) is 4. The molecule has 108 valence electrons. The molecule has 0 heterocycles. The van der Waals surface area contributed by atoms with Crippen LogP contribution in [0.5, 0.6) is 5.75 Å². The van der Waals surface area contributed by atoms with Gasteiger partial charge in [0.1, 0.15) is 17.1 Å². The summed E-state index contributed by atoms with van der Waals surface area (Å²) in [5.74, 6) is -2.34. The molecule has 0 aromatic heterocycles. The summed E-state index contributed by atoms with van der Waals surface area (Å²) in [6.45, 7) is 0. The molecule has 6 heteroatoms. The molecule has 0 radical (unpaired) electrons. The number of nitrogens with one attached hydrogen (secondary N) is 1. The first-order valence-electron chi connectivity index (χ1n) is 6.00. The van der Waals surface area contributed by atoms with Crippen molar-refractivity contribution in [1.82, 2.24) is 0 Å². The van der Waals surface area contributed by atoms with Crippen LogP contribution in [0.1, 0.15) is 20.7 Å². The van der Waals surface area contributed by atoms with Crippen molar-refractivity contribution in [3.8, 4) is 5.75 Å². The summed E-state index contributed by atoms with van der Waals surface area (Å²) in [6.07, 6.45) is 0. The second-order valence-electron chi connectivity index (χ2n) is 4.16. The fourth-order valence-electron chi connectivity index (χ4n) is 1.74. The fourth-order valence-corrected chi connectivity index (χ4v) is 1.74. The van der Waals surface area contributed by atoms with E-state index in [2.05, 4.69) is 10.1 Å². The van der Waals surface area contributed by atoms with Gasteiger partial charge >= 0.3 is 5.97 Å². The number of methoxy groups -OCH3 is 1. The summed E-state index contributed by atoms with van der Waals surface area (Å²) in [5, 5.41) is 12.1. The Bertz CT molecular complexity index is 700. The van der Waals surface area contributed by atoms with Crippen LogP contribution in [0.3, 0.4) is 0 Å². The first-order valence-corrected chi connectivity index (χ1v) is 6.00. The molecule has 2 aromatic rings. The number of carbonyl (C=O) groups is 2. The highest BCUT2D eigenvalue weighted by atomic mass is 19.1. The number of benzene rings is 2. The molecule has 2 aromatic carbocycles. The van der Waals surface area contributed by atoms with Crippen LogP contribution in [0.4, 0.5) is 10.1 Å². The van der Waals surface area contributed by atoms with Crippen molar-refractivity contribution >= 4 is 17.6 Å². The number of esters is 1. The van der Waals surface area contributed by atoms with Gasteiger partial charge < -0.3 is 15.2 Å².